The first-order chi connectivity index (χ1) is 13.4. The summed E-state index contributed by atoms with van der Waals surface area (Å²) in [4.78, 5) is 14.9. The summed E-state index contributed by atoms with van der Waals surface area (Å²) in [6.07, 6.45) is 5.74. The summed E-state index contributed by atoms with van der Waals surface area (Å²) in [7, 11) is -1.98. The first-order valence-corrected chi connectivity index (χ1v) is 11.5. The number of carbonyl (C=O) groups excluding carboxylic acids is 1. The van der Waals surface area contributed by atoms with Crippen molar-refractivity contribution in [1.29, 1.82) is 0 Å². The van der Waals surface area contributed by atoms with Gasteiger partial charge in [-0.1, -0.05) is 19.3 Å². The lowest BCUT2D eigenvalue weighted by molar-refractivity contribution is -0.127. The van der Waals surface area contributed by atoms with Gasteiger partial charge in [0.2, 0.25) is 15.9 Å². The van der Waals surface area contributed by atoms with Crippen molar-refractivity contribution in [3.05, 3.63) is 24.3 Å². The predicted octanol–water partition coefficient (Wildman–Crippen LogP) is 1.84. The number of carbonyl (C=O) groups is 1. The van der Waals surface area contributed by atoms with E-state index in [0.29, 0.717) is 38.0 Å². The van der Waals surface area contributed by atoms with Crippen molar-refractivity contribution >= 4 is 15.9 Å². The fourth-order valence-electron chi connectivity index (χ4n) is 3.96. The maximum Gasteiger partial charge on any atom is 0.243 e. The Labute approximate surface area is 168 Å². The molecule has 0 radical (unpaired) electrons. The largest absolute Gasteiger partial charge is 0.497 e. The van der Waals surface area contributed by atoms with Crippen LogP contribution in [0, 0.1) is 0 Å². The monoisotopic (exact) mass is 409 g/mol. The van der Waals surface area contributed by atoms with E-state index in [4.69, 9.17) is 4.74 Å². The van der Waals surface area contributed by atoms with Crippen LogP contribution in [0.3, 0.4) is 0 Å². The number of ether oxygens (including phenoxy) is 1. The van der Waals surface area contributed by atoms with E-state index in [1.807, 2.05) is 6.92 Å². The second-order valence-corrected chi connectivity index (χ2v) is 9.57. The molecular formula is C20H31N3O4S. The number of methoxy groups -OCH3 is 1. The van der Waals surface area contributed by atoms with Gasteiger partial charge in [0, 0.05) is 32.2 Å². The smallest absolute Gasteiger partial charge is 0.243 e. The van der Waals surface area contributed by atoms with Crippen LogP contribution in [0.15, 0.2) is 29.2 Å². The predicted molar refractivity (Wildman–Crippen MR) is 108 cm³/mol. The highest BCUT2D eigenvalue weighted by Crippen LogP contribution is 2.22. The fraction of sp³-hybridized carbons (Fsp3) is 0.650. The van der Waals surface area contributed by atoms with Crippen LogP contribution in [0.5, 0.6) is 5.75 Å². The van der Waals surface area contributed by atoms with E-state index in [2.05, 4.69) is 10.2 Å². The van der Waals surface area contributed by atoms with Crippen molar-refractivity contribution in [1.82, 2.24) is 14.5 Å². The van der Waals surface area contributed by atoms with E-state index in [9.17, 15) is 13.2 Å². The maximum absolute atomic E-state index is 12.8. The van der Waals surface area contributed by atoms with Crippen molar-refractivity contribution in [2.75, 3.05) is 33.3 Å². The molecule has 1 unspecified atom stereocenters. The number of hydrogen-bond acceptors (Lipinski definition) is 5. The number of rotatable bonds is 6. The van der Waals surface area contributed by atoms with Crippen molar-refractivity contribution in [2.45, 2.75) is 56.0 Å². The van der Waals surface area contributed by atoms with Gasteiger partial charge < -0.3 is 10.1 Å². The molecule has 28 heavy (non-hydrogen) atoms. The van der Waals surface area contributed by atoms with Crippen molar-refractivity contribution in [3.63, 3.8) is 0 Å². The first kappa shape index (κ1) is 21.1. The summed E-state index contributed by atoms with van der Waals surface area (Å²) in [5.41, 5.74) is 0. The second kappa shape index (κ2) is 9.24. The van der Waals surface area contributed by atoms with Gasteiger partial charge in [-0.25, -0.2) is 8.42 Å². The molecule has 1 aromatic rings. The zero-order valence-electron chi connectivity index (χ0n) is 16.8. The molecule has 0 spiro atoms. The second-order valence-electron chi connectivity index (χ2n) is 7.64. The third kappa shape index (κ3) is 4.85. The average molecular weight is 410 g/mol. The number of benzene rings is 1. The highest BCUT2D eigenvalue weighted by atomic mass is 32.2. The summed E-state index contributed by atoms with van der Waals surface area (Å²) < 4.78 is 32.3. The highest BCUT2D eigenvalue weighted by molar-refractivity contribution is 7.89. The molecule has 1 amide bonds. The molecule has 1 aromatic carbocycles. The molecule has 0 bridgehead atoms. The van der Waals surface area contributed by atoms with Crippen molar-refractivity contribution in [3.8, 4) is 5.75 Å². The minimum absolute atomic E-state index is 0.0540. The molecule has 7 nitrogen and oxygen atoms in total. The Hall–Kier alpha value is -1.64. The van der Waals surface area contributed by atoms with Crippen LogP contribution in [0.4, 0.5) is 0 Å². The molecule has 1 aliphatic heterocycles. The van der Waals surface area contributed by atoms with E-state index in [0.717, 1.165) is 12.8 Å². The number of nitrogens with one attached hydrogen (secondary N) is 1. The van der Waals surface area contributed by atoms with E-state index < -0.39 is 10.0 Å². The SMILES string of the molecule is COc1ccc(S(=O)(=O)N2CCN(C(C)C(=O)NC3CCCCC3)CC2)cc1. The minimum Gasteiger partial charge on any atom is -0.497 e. The number of hydrogen-bond donors (Lipinski definition) is 1. The van der Waals surface area contributed by atoms with Crippen molar-refractivity contribution in [2.24, 2.45) is 0 Å². The summed E-state index contributed by atoms with van der Waals surface area (Å²) in [6, 6.07) is 6.50. The fourth-order valence-corrected chi connectivity index (χ4v) is 5.38. The van der Waals surface area contributed by atoms with Gasteiger partial charge in [0.15, 0.2) is 0 Å². The Morgan fingerprint density at radius 3 is 2.25 bits per heavy atom. The van der Waals surface area contributed by atoms with Crippen LogP contribution in [-0.4, -0.2) is 68.9 Å². The molecule has 156 valence electrons. The van der Waals surface area contributed by atoms with Crippen LogP contribution in [-0.2, 0) is 14.8 Å². The molecule has 3 rings (SSSR count). The van der Waals surface area contributed by atoms with Crippen LogP contribution in [0.25, 0.3) is 0 Å². The summed E-state index contributed by atoms with van der Waals surface area (Å²) >= 11 is 0. The van der Waals surface area contributed by atoms with E-state index >= 15 is 0 Å². The van der Waals surface area contributed by atoms with Crippen LogP contribution in [0.1, 0.15) is 39.0 Å². The number of sulfonamides is 1. The molecule has 1 atom stereocenters. The quantitative estimate of drug-likeness (QED) is 0.776. The van der Waals surface area contributed by atoms with Gasteiger partial charge in [0.1, 0.15) is 5.75 Å². The number of amides is 1. The molecule has 1 saturated heterocycles. The molecule has 2 aliphatic rings. The van der Waals surface area contributed by atoms with Gasteiger partial charge in [0.25, 0.3) is 0 Å². The van der Waals surface area contributed by atoms with Gasteiger partial charge >= 0.3 is 0 Å². The van der Waals surface area contributed by atoms with Gasteiger partial charge in [-0.3, -0.25) is 9.69 Å². The zero-order valence-corrected chi connectivity index (χ0v) is 17.6. The Kier molecular flexibility index (Phi) is 6.95. The van der Waals surface area contributed by atoms with Gasteiger partial charge in [-0.2, -0.15) is 4.31 Å². The van der Waals surface area contributed by atoms with E-state index in [-0.39, 0.29) is 16.8 Å². The first-order valence-electron chi connectivity index (χ1n) is 10.1. The zero-order chi connectivity index (χ0) is 20.1. The lowest BCUT2D eigenvalue weighted by Crippen LogP contribution is -2.55. The summed E-state index contributed by atoms with van der Waals surface area (Å²) in [5.74, 6) is 0.680. The topological polar surface area (TPSA) is 79.0 Å². The summed E-state index contributed by atoms with van der Waals surface area (Å²) in [5, 5.41) is 3.17. The van der Waals surface area contributed by atoms with E-state index in [1.54, 1.807) is 31.4 Å². The molecule has 1 N–H and O–H groups in total. The van der Waals surface area contributed by atoms with Crippen LogP contribution >= 0.6 is 0 Å². The van der Waals surface area contributed by atoms with Gasteiger partial charge in [-0.05, 0) is 44.0 Å². The average Bonchev–Trinajstić information content (AvgIpc) is 2.74. The molecule has 1 aliphatic carbocycles. The maximum atomic E-state index is 12.8. The Morgan fingerprint density at radius 1 is 1.07 bits per heavy atom. The number of piperazine rings is 1. The lowest BCUT2D eigenvalue weighted by atomic mass is 9.95. The summed E-state index contributed by atoms with van der Waals surface area (Å²) in [6.45, 7) is 3.78. The molecule has 0 aromatic heterocycles. The molecule has 1 saturated carbocycles. The molecular weight excluding hydrogens is 378 g/mol. The van der Waals surface area contributed by atoms with Crippen LogP contribution < -0.4 is 10.1 Å². The third-order valence-electron chi connectivity index (χ3n) is 5.85. The Morgan fingerprint density at radius 2 is 1.68 bits per heavy atom. The highest BCUT2D eigenvalue weighted by Gasteiger charge is 2.32. The standard InChI is InChI=1S/C20H31N3O4S/c1-16(20(24)21-17-6-4-3-5-7-17)22-12-14-23(15-13-22)28(25,26)19-10-8-18(27-2)9-11-19/h8-11,16-17H,3-7,12-15H2,1-2H3,(H,21,24). The van der Waals surface area contributed by atoms with Gasteiger partial charge in [-0.15, -0.1) is 0 Å². The number of nitrogens with zero attached hydrogens (tertiary/aromatic N) is 2. The van der Waals surface area contributed by atoms with E-state index in [1.165, 1.54) is 23.6 Å². The lowest BCUT2D eigenvalue weighted by Gasteiger charge is -2.37. The minimum atomic E-state index is -3.53. The Balaban J connectivity index is 1.54. The third-order valence-corrected chi connectivity index (χ3v) is 7.76. The molecule has 2 fully saturated rings. The Bertz CT molecular complexity index is 752. The van der Waals surface area contributed by atoms with Crippen LogP contribution in [0.2, 0.25) is 0 Å². The normalized spacial score (nSPS) is 21.2. The van der Waals surface area contributed by atoms with Gasteiger partial charge in [0.05, 0.1) is 18.0 Å². The molecule has 1 heterocycles. The van der Waals surface area contributed by atoms with Crippen molar-refractivity contribution < 1.29 is 17.9 Å². The molecule has 8 heteroatoms.